The summed E-state index contributed by atoms with van der Waals surface area (Å²) in [6, 6.07) is 8.98. The first-order valence-corrected chi connectivity index (χ1v) is 12.7. The number of hydrogen-bond acceptors (Lipinski definition) is 5. The number of hydrogen-bond donors (Lipinski definition) is 0. The van der Waals surface area contributed by atoms with Crippen LogP contribution in [0.2, 0.25) is 0 Å². The number of anilines is 1. The fourth-order valence-electron chi connectivity index (χ4n) is 3.31. The van der Waals surface area contributed by atoms with Gasteiger partial charge in [-0.2, -0.15) is 4.31 Å². The Hall–Kier alpha value is -2.30. The molecule has 1 saturated heterocycles. The second kappa shape index (κ2) is 8.44. The van der Waals surface area contributed by atoms with Gasteiger partial charge >= 0.3 is 0 Å². The Morgan fingerprint density at radius 1 is 0.967 bits per heavy atom. The van der Waals surface area contributed by atoms with Crippen molar-refractivity contribution < 1.29 is 26.0 Å². The quantitative estimate of drug-likeness (QED) is 0.693. The molecule has 0 spiro atoms. The monoisotopic (exact) mass is 454 g/mol. The standard InChI is InChI=1S/C20H23FN2O5S2/c1-22(16-7-9-17(10-8-16)29(2,25)26)20(24)15-6-11-18(21)19(14-15)30(27,28)23-12-4-3-5-13-23/h6-11,14H,3-5,12-13H2,1-2H3. The summed E-state index contributed by atoms with van der Waals surface area (Å²) in [5.74, 6) is -1.45. The third-order valence-corrected chi connectivity index (χ3v) is 8.11. The molecule has 1 fully saturated rings. The molecule has 0 N–H and O–H groups in total. The van der Waals surface area contributed by atoms with Crippen LogP contribution >= 0.6 is 0 Å². The molecule has 0 aromatic heterocycles. The predicted octanol–water partition coefficient (Wildman–Crippen LogP) is 2.68. The number of sulfone groups is 1. The lowest BCUT2D eigenvalue weighted by molar-refractivity contribution is 0.0992. The van der Waals surface area contributed by atoms with E-state index >= 15 is 0 Å². The molecule has 0 aliphatic carbocycles. The van der Waals surface area contributed by atoms with E-state index in [0.717, 1.165) is 24.8 Å². The molecular formula is C20H23FN2O5S2. The minimum atomic E-state index is -4.04. The van der Waals surface area contributed by atoms with Gasteiger partial charge in [-0.1, -0.05) is 6.42 Å². The molecule has 3 rings (SSSR count). The average Bonchev–Trinajstić information content (AvgIpc) is 2.73. The zero-order chi connectivity index (χ0) is 22.1. The molecule has 1 amide bonds. The summed E-state index contributed by atoms with van der Waals surface area (Å²) in [6.45, 7) is 0.652. The summed E-state index contributed by atoms with van der Waals surface area (Å²) < 4.78 is 64.5. The lowest BCUT2D eigenvalue weighted by atomic mass is 10.2. The smallest absolute Gasteiger partial charge is 0.258 e. The Labute approximate surface area is 176 Å². The lowest BCUT2D eigenvalue weighted by Crippen LogP contribution is -2.36. The van der Waals surface area contributed by atoms with E-state index in [4.69, 9.17) is 0 Å². The highest BCUT2D eigenvalue weighted by Crippen LogP contribution is 2.25. The van der Waals surface area contributed by atoms with Crippen LogP contribution in [-0.2, 0) is 19.9 Å². The highest BCUT2D eigenvalue weighted by molar-refractivity contribution is 7.90. The van der Waals surface area contributed by atoms with Crippen LogP contribution in [0.25, 0.3) is 0 Å². The molecule has 0 atom stereocenters. The van der Waals surface area contributed by atoms with Crippen LogP contribution in [-0.4, -0.2) is 53.4 Å². The van der Waals surface area contributed by atoms with E-state index in [1.165, 1.54) is 46.6 Å². The van der Waals surface area contributed by atoms with Gasteiger partial charge in [0.05, 0.1) is 4.90 Å². The Kier molecular flexibility index (Phi) is 6.30. The summed E-state index contributed by atoms with van der Waals surface area (Å²) in [5.41, 5.74) is 0.429. The van der Waals surface area contributed by atoms with Gasteiger partial charge in [0, 0.05) is 37.6 Å². The lowest BCUT2D eigenvalue weighted by Gasteiger charge is -2.26. The first kappa shape index (κ1) is 22.4. The molecule has 1 heterocycles. The molecule has 0 saturated carbocycles. The summed E-state index contributed by atoms with van der Waals surface area (Å²) in [7, 11) is -5.94. The number of benzene rings is 2. The van der Waals surface area contributed by atoms with Gasteiger partial charge in [-0.05, 0) is 55.3 Å². The van der Waals surface area contributed by atoms with Crippen LogP contribution in [0.3, 0.4) is 0 Å². The van der Waals surface area contributed by atoms with E-state index in [2.05, 4.69) is 0 Å². The zero-order valence-electron chi connectivity index (χ0n) is 16.7. The number of amides is 1. The number of sulfonamides is 1. The fraction of sp³-hybridized carbons (Fsp3) is 0.350. The van der Waals surface area contributed by atoms with Crippen molar-refractivity contribution in [3.8, 4) is 0 Å². The summed E-state index contributed by atoms with van der Waals surface area (Å²) >= 11 is 0. The Morgan fingerprint density at radius 2 is 1.57 bits per heavy atom. The van der Waals surface area contributed by atoms with Gasteiger partial charge in [0.25, 0.3) is 5.91 Å². The Morgan fingerprint density at radius 3 is 2.13 bits per heavy atom. The molecule has 0 radical (unpaired) electrons. The highest BCUT2D eigenvalue weighted by atomic mass is 32.2. The van der Waals surface area contributed by atoms with Gasteiger partial charge in [0.2, 0.25) is 10.0 Å². The molecule has 1 aliphatic rings. The van der Waals surface area contributed by atoms with Gasteiger partial charge in [-0.15, -0.1) is 0 Å². The van der Waals surface area contributed by atoms with E-state index in [0.29, 0.717) is 31.6 Å². The second-order valence-corrected chi connectivity index (χ2v) is 11.2. The molecule has 162 valence electrons. The van der Waals surface area contributed by atoms with E-state index in [1.54, 1.807) is 0 Å². The largest absolute Gasteiger partial charge is 0.311 e. The molecule has 2 aromatic carbocycles. The first-order valence-electron chi connectivity index (χ1n) is 9.40. The Balaban J connectivity index is 1.90. The number of carbonyl (C=O) groups excluding carboxylic acids is 1. The molecule has 0 unspecified atom stereocenters. The third kappa shape index (κ3) is 4.55. The van der Waals surface area contributed by atoms with E-state index in [1.807, 2.05) is 0 Å². The predicted molar refractivity (Wildman–Crippen MR) is 111 cm³/mol. The maximum Gasteiger partial charge on any atom is 0.258 e. The highest BCUT2D eigenvalue weighted by Gasteiger charge is 2.30. The van der Waals surface area contributed by atoms with Crippen molar-refractivity contribution in [2.45, 2.75) is 29.1 Å². The molecule has 7 nitrogen and oxygen atoms in total. The van der Waals surface area contributed by atoms with Crippen LogP contribution in [0.15, 0.2) is 52.3 Å². The van der Waals surface area contributed by atoms with E-state index < -0.39 is 36.5 Å². The van der Waals surface area contributed by atoms with E-state index in [9.17, 15) is 26.0 Å². The molecule has 1 aliphatic heterocycles. The van der Waals surface area contributed by atoms with Crippen molar-refractivity contribution in [2.24, 2.45) is 0 Å². The number of halogens is 1. The average molecular weight is 455 g/mol. The fourth-order valence-corrected chi connectivity index (χ4v) is 5.54. The van der Waals surface area contributed by atoms with Crippen molar-refractivity contribution in [2.75, 3.05) is 31.3 Å². The number of rotatable bonds is 5. The minimum absolute atomic E-state index is 0.0154. The molecule has 2 aromatic rings. The second-order valence-electron chi connectivity index (χ2n) is 7.24. The number of piperidine rings is 1. The summed E-state index contributed by atoms with van der Waals surface area (Å²) in [6.07, 6.45) is 3.44. The van der Waals surface area contributed by atoms with Crippen LogP contribution in [0.1, 0.15) is 29.6 Å². The SMILES string of the molecule is CN(C(=O)c1ccc(F)c(S(=O)(=O)N2CCCCC2)c1)c1ccc(S(C)(=O)=O)cc1. The summed E-state index contributed by atoms with van der Waals surface area (Å²) in [4.78, 5) is 13.7. The zero-order valence-corrected chi connectivity index (χ0v) is 18.3. The van der Waals surface area contributed by atoms with Crippen LogP contribution in [0.4, 0.5) is 10.1 Å². The Bertz CT molecular complexity index is 1160. The third-order valence-electron chi connectivity index (χ3n) is 5.07. The van der Waals surface area contributed by atoms with Gasteiger partial charge < -0.3 is 4.90 Å². The summed E-state index contributed by atoms with van der Waals surface area (Å²) in [5, 5.41) is 0. The first-order chi connectivity index (χ1) is 14.0. The maximum atomic E-state index is 14.4. The van der Waals surface area contributed by atoms with E-state index in [-0.39, 0.29) is 10.5 Å². The van der Waals surface area contributed by atoms with Gasteiger partial charge in [-0.3, -0.25) is 4.79 Å². The van der Waals surface area contributed by atoms with Crippen molar-refractivity contribution in [3.63, 3.8) is 0 Å². The van der Waals surface area contributed by atoms with Crippen molar-refractivity contribution >= 4 is 31.5 Å². The van der Waals surface area contributed by atoms with Gasteiger partial charge in [0.15, 0.2) is 9.84 Å². The molecule has 30 heavy (non-hydrogen) atoms. The van der Waals surface area contributed by atoms with Crippen molar-refractivity contribution in [3.05, 3.63) is 53.8 Å². The molecule has 10 heteroatoms. The number of carbonyl (C=O) groups is 1. The van der Waals surface area contributed by atoms with Gasteiger partial charge in [-0.25, -0.2) is 21.2 Å². The van der Waals surface area contributed by atoms with Crippen molar-refractivity contribution in [1.29, 1.82) is 0 Å². The topological polar surface area (TPSA) is 91.8 Å². The molecular weight excluding hydrogens is 431 g/mol. The normalized spacial score (nSPS) is 15.7. The maximum absolute atomic E-state index is 14.4. The van der Waals surface area contributed by atoms with Crippen molar-refractivity contribution in [1.82, 2.24) is 4.31 Å². The van der Waals surface area contributed by atoms with Gasteiger partial charge in [0.1, 0.15) is 10.7 Å². The number of nitrogens with zero attached hydrogens (tertiary/aromatic N) is 2. The minimum Gasteiger partial charge on any atom is -0.311 e. The van der Waals surface area contributed by atoms with Crippen LogP contribution in [0, 0.1) is 5.82 Å². The molecule has 0 bridgehead atoms. The van der Waals surface area contributed by atoms with Crippen LogP contribution in [0.5, 0.6) is 0 Å². The van der Waals surface area contributed by atoms with Crippen LogP contribution < -0.4 is 4.90 Å².